The van der Waals surface area contributed by atoms with E-state index in [0.29, 0.717) is 18.8 Å². The molecule has 0 radical (unpaired) electrons. The molecule has 0 bridgehead atoms. The topological polar surface area (TPSA) is 70.2 Å². The Morgan fingerprint density at radius 1 is 1.37 bits per heavy atom. The fourth-order valence-corrected chi connectivity index (χ4v) is 3.45. The number of sulfonamides is 1. The van der Waals surface area contributed by atoms with E-state index in [2.05, 4.69) is 0 Å². The highest BCUT2D eigenvalue weighted by Gasteiger charge is 2.37. The van der Waals surface area contributed by atoms with Gasteiger partial charge in [-0.2, -0.15) is 4.31 Å². The SMILES string of the molecule is CN1CC(=O)N(CC2CO2)c2ccccc2S1(=O)=O. The largest absolute Gasteiger partial charge is 0.371 e. The predicted octanol–water partition coefficient (Wildman–Crippen LogP) is 0.0525. The second-order valence-electron chi connectivity index (χ2n) is 4.69. The number of amides is 1. The minimum atomic E-state index is -3.61. The molecular weight excluding hydrogens is 268 g/mol. The van der Waals surface area contributed by atoms with Crippen LogP contribution in [0.5, 0.6) is 0 Å². The summed E-state index contributed by atoms with van der Waals surface area (Å²) in [5.41, 5.74) is 0.437. The van der Waals surface area contributed by atoms with Crippen LogP contribution in [0, 0.1) is 0 Å². The van der Waals surface area contributed by atoms with Gasteiger partial charge in [0.2, 0.25) is 15.9 Å². The van der Waals surface area contributed by atoms with Crippen LogP contribution < -0.4 is 4.90 Å². The summed E-state index contributed by atoms with van der Waals surface area (Å²) >= 11 is 0. The second-order valence-corrected chi connectivity index (χ2v) is 6.70. The summed E-state index contributed by atoms with van der Waals surface area (Å²) in [4.78, 5) is 13.9. The Morgan fingerprint density at radius 2 is 2.05 bits per heavy atom. The van der Waals surface area contributed by atoms with Gasteiger partial charge in [-0.3, -0.25) is 4.79 Å². The molecule has 1 saturated heterocycles. The maximum absolute atomic E-state index is 12.3. The molecular formula is C12H14N2O4S. The number of carbonyl (C=O) groups excluding carboxylic acids is 1. The number of likely N-dealkylation sites (N-methyl/N-ethyl adjacent to an activating group) is 1. The normalized spacial score (nSPS) is 25.8. The molecule has 6 nitrogen and oxygen atoms in total. The van der Waals surface area contributed by atoms with Gasteiger partial charge in [0.05, 0.1) is 31.5 Å². The van der Waals surface area contributed by atoms with Crippen molar-refractivity contribution in [3.8, 4) is 0 Å². The number of hydrogen-bond acceptors (Lipinski definition) is 4. The van der Waals surface area contributed by atoms with Crippen molar-refractivity contribution in [1.29, 1.82) is 0 Å². The zero-order valence-electron chi connectivity index (χ0n) is 10.4. The third kappa shape index (κ3) is 2.13. The Labute approximate surface area is 111 Å². The smallest absolute Gasteiger partial charge is 0.245 e. The quantitative estimate of drug-likeness (QED) is 0.719. The minimum Gasteiger partial charge on any atom is -0.371 e. The Hall–Kier alpha value is -1.44. The molecule has 1 unspecified atom stereocenters. The van der Waals surface area contributed by atoms with E-state index in [1.165, 1.54) is 18.0 Å². The second kappa shape index (κ2) is 4.29. The van der Waals surface area contributed by atoms with E-state index in [9.17, 15) is 13.2 Å². The van der Waals surface area contributed by atoms with Gasteiger partial charge < -0.3 is 9.64 Å². The molecule has 1 fully saturated rings. The van der Waals surface area contributed by atoms with Gasteiger partial charge in [0.15, 0.2) is 0 Å². The van der Waals surface area contributed by atoms with Gasteiger partial charge in [-0.1, -0.05) is 12.1 Å². The first-order valence-electron chi connectivity index (χ1n) is 5.97. The first kappa shape index (κ1) is 12.6. The third-order valence-electron chi connectivity index (χ3n) is 3.29. The summed E-state index contributed by atoms with van der Waals surface area (Å²) in [7, 11) is -2.19. The molecule has 1 aromatic rings. The summed E-state index contributed by atoms with van der Waals surface area (Å²) < 4.78 is 30.9. The molecule has 0 aromatic heterocycles. The highest BCUT2D eigenvalue weighted by atomic mass is 32.2. The lowest BCUT2D eigenvalue weighted by Gasteiger charge is -2.20. The van der Waals surface area contributed by atoms with E-state index in [0.717, 1.165) is 4.31 Å². The van der Waals surface area contributed by atoms with E-state index in [4.69, 9.17) is 4.74 Å². The molecule has 0 aliphatic carbocycles. The first-order chi connectivity index (χ1) is 9.00. The van der Waals surface area contributed by atoms with Gasteiger partial charge in [-0.25, -0.2) is 8.42 Å². The molecule has 0 saturated carbocycles. The predicted molar refractivity (Wildman–Crippen MR) is 68.4 cm³/mol. The molecule has 3 rings (SSSR count). The number of carbonyl (C=O) groups is 1. The number of rotatable bonds is 2. The Kier molecular flexibility index (Phi) is 2.84. The van der Waals surface area contributed by atoms with Crippen LogP contribution in [-0.2, 0) is 19.6 Å². The number of benzene rings is 1. The number of anilines is 1. The Balaban J connectivity index is 2.13. The number of hydrogen-bond donors (Lipinski definition) is 0. The molecule has 19 heavy (non-hydrogen) atoms. The summed E-state index contributed by atoms with van der Waals surface area (Å²) in [5.74, 6) is -0.230. The summed E-state index contributed by atoms with van der Waals surface area (Å²) in [6, 6.07) is 6.58. The van der Waals surface area contributed by atoms with Gasteiger partial charge in [-0.15, -0.1) is 0 Å². The average Bonchev–Trinajstić information content (AvgIpc) is 3.19. The summed E-state index contributed by atoms with van der Waals surface area (Å²) in [6.45, 7) is 0.872. The maximum atomic E-state index is 12.3. The van der Waals surface area contributed by atoms with Crippen molar-refractivity contribution in [2.45, 2.75) is 11.0 Å². The van der Waals surface area contributed by atoms with Crippen LogP contribution in [0.25, 0.3) is 0 Å². The van der Waals surface area contributed by atoms with Crippen LogP contribution in [0.3, 0.4) is 0 Å². The van der Waals surface area contributed by atoms with Gasteiger partial charge in [0, 0.05) is 7.05 Å². The minimum absolute atomic E-state index is 0.0168. The van der Waals surface area contributed by atoms with Crippen LogP contribution in [-0.4, -0.2) is 51.5 Å². The highest BCUT2D eigenvalue weighted by Crippen LogP contribution is 2.31. The molecule has 2 aliphatic rings. The number of ether oxygens (including phenoxy) is 1. The summed E-state index contributed by atoms with van der Waals surface area (Å²) in [5, 5.41) is 0. The van der Waals surface area contributed by atoms with Crippen LogP contribution in [0.4, 0.5) is 5.69 Å². The van der Waals surface area contributed by atoms with Crippen LogP contribution in [0.1, 0.15) is 0 Å². The zero-order valence-corrected chi connectivity index (χ0v) is 11.3. The molecule has 7 heteroatoms. The lowest BCUT2D eigenvalue weighted by Crippen LogP contribution is -2.39. The lowest BCUT2D eigenvalue weighted by molar-refractivity contribution is -0.118. The van der Waals surface area contributed by atoms with Crippen molar-refractivity contribution in [2.24, 2.45) is 0 Å². The Morgan fingerprint density at radius 3 is 2.74 bits per heavy atom. The Bertz CT molecular complexity index is 624. The van der Waals surface area contributed by atoms with Crippen molar-refractivity contribution < 1.29 is 17.9 Å². The van der Waals surface area contributed by atoms with Crippen LogP contribution in [0.15, 0.2) is 29.2 Å². The van der Waals surface area contributed by atoms with Crippen LogP contribution >= 0.6 is 0 Å². The van der Waals surface area contributed by atoms with Crippen LogP contribution in [0.2, 0.25) is 0 Å². The first-order valence-corrected chi connectivity index (χ1v) is 7.41. The molecule has 1 aromatic carbocycles. The van der Waals surface area contributed by atoms with E-state index < -0.39 is 10.0 Å². The number of nitrogens with zero attached hydrogens (tertiary/aromatic N) is 2. The van der Waals surface area contributed by atoms with E-state index in [1.54, 1.807) is 18.2 Å². The van der Waals surface area contributed by atoms with E-state index >= 15 is 0 Å². The molecule has 2 heterocycles. The maximum Gasteiger partial charge on any atom is 0.245 e. The van der Waals surface area contributed by atoms with Crippen molar-refractivity contribution >= 4 is 21.6 Å². The van der Waals surface area contributed by atoms with Gasteiger partial charge in [-0.05, 0) is 12.1 Å². The lowest BCUT2D eigenvalue weighted by atomic mass is 10.2. The monoisotopic (exact) mass is 282 g/mol. The van der Waals surface area contributed by atoms with Gasteiger partial charge >= 0.3 is 0 Å². The fraction of sp³-hybridized carbons (Fsp3) is 0.417. The van der Waals surface area contributed by atoms with E-state index in [-0.39, 0.29) is 23.5 Å². The van der Waals surface area contributed by atoms with Gasteiger partial charge in [0.25, 0.3) is 0 Å². The fourth-order valence-electron chi connectivity index (χ4n) is 2.14. The number of para-hydroxylation sites is 1. The van der Waals surface area contributed by atoms with Crippen molar-refractivity contribution in [2.75, 3.05) is 31.6 Å². The third-order valence-corrected chi connectivity index (χ3v) is 5.14. The van der Waals surface area contributed by atoms with E-state index in [1.807, 2.05) is 0 Å². The number of epoxide rings is 1. The molecule has 1 atom stereocenters. The standard InChI is InChI=1S/C12H14N2O4S/c1-13-7-12(15)14(6-9-8-18-9)10-4-2-3-5-11(10)19(13,16)17/h2-5,9H,6-8H2,1H3. The zero-order chi connectivity index (χ0) is 13.6. The molecule has 0 spiro atoms. The van der Waals surface area contributed by atoms with Crippen molar-refractivity contribution in [3.05, 3.63) is 24.3 Å². The highest BCUT2D eigenvalue weighted by molar-refractivity contribution is 7.89. The molecule has 2 aliphatic heterocycles. The van der Waals surface area contributed by atoms with Gasteiger partial charge in [0.1, 0.15) is 4.90 Å². The molecule has 102 valence electrons. The van der Waals surface area contributed by atoms with Crippen molar-refractivity contribution in [1.82, 2.24) is 4.31 Å². The number of fused-ring (bicyclic) bond motifs is 1. The summed E-state index contributed by atoms with van der Waals surface area (Å²) in [6.07, 6.45) is 0.0168. The average molecular weight is 282 g/mol. The molecule has 1 amide bonds. The van der Waals surface area contributed by atoms with Crippen molar-refractivity contribution in [3.63, 3.8) is 0 Å². The molecule has 0 N–H and O–H groups in total.